The lowest BCUT2D eigenvalue weighted by molar-refractivity contribution is -0.143. The van der Waals surface area contributed by atoms with Crippen molar-refractivity contribution in [2.75, 3.05) is 33.8 Å². The number of rotatable bonds is 9. The van der Waals surface area contributed by atoms with E-state index in [1.807, 2.05) is 25.7 Å². The maximum atomic E-state index is 14.8. The molecule has 0 bridgehead atoms. The number of carboxylic acid groups (broad SMARTS) is 1. The number of benzene rings is 2. The number of carbonyl (C=O) groups is 3. The van der Waals surface area contributed by atoms with Gasteiger partial charge in [-0.2, -0.15) is 0 Å². The van der Waals surface area contributed by atoms with Gasteiger partial charge in [0.2, 0.25) is 5.91 Å². The Morgan fingerprint density at radius 3 is 2.31 bits per heavy atom. The number of nitrogens with zero attached hydrogens (tertiary/aromatic N) is 2. The summed E-state index contributed by atoms with van der Waals surface area (Å²) in [7, 11) is 0.774. The fraction of sp³-hybridized carbons (Fsp3) is 0.423. The van der Waals surface area contributed by atoms with Crippen molar-refractivity contribution < 1.29 is 33.0 Å². The van der Waals surface area contributed by atoms with Crippen molar-refractivity contribution in [2.45, 2.75) is 38.5 Å². The van der Waals surface area contributed by atoms with Crippen molar-refractivity contribution in [3.63, 3.8) is 0 Å². The number of aliphatic carboxylic acids is 1. The van der Waals surface area contributed by atoms with E-state index in [0.717, 1.165) is 5.56 Å². The van der Waals surface area contributed by atoms with Gasteiger partial charge in [0.1, 0.15) is 23.4 Å². The molecule has 0 saturated heterocycles. The first-order valence-electron chi connectivity index (χ1n) is 11.7. The molecule has 0 aliphatic carbocycles. The van der Waals surface area contributed by atoms with Crippen LogP contribution in [0.1, 0.15) is 22.7 Å². The minimum absolute atomic E-state index is 0.0899. The highest BCUT2D eigenvalue weighted by Crippen LogP contribution is 2.34. The highest BCUT2D eigenvalue weighted by atomic mass is 28.3. The van der Waals surface area contributed by atoms with Crippen LogP contribution in [0, 0.1) is 11.6 Å². The number of likely N-dealkylation sites (N-methyl/N-ethyl adjacent to an activating group) is 1. The van der Waals surface area contributed by atoms with Crippen molar-refractivity contribution in [3.8, 4) is 5.75 Å². The number of hydrogen-bond acceptors (Lipinski definition) is 5. The van der Waals surface area contributed by atoms with Crippen LogP contribution in [0.25, 0.3) is 0 Å². The average Bonchev–Trinajstić information content (AvgIpc) is 2.75. The maximum absolute atomic E-state index is 14.8. The van der Waals surface area contributed by atoms with E-state index in [9.17, 15) is 23.2 Å². The lowest BCUT2D eigenvalue weighted by atomic mass is 9.87. The minimum Gasteiger partial charge on any atom is -0.497 e. The number of ether oxygens (including phenoxy) is 1. The van der Waals surface area contributed by atoms with Crippen LogP contribution in [0.5, 0.6) is 5.75 Å². The first-order chi connectivity index (χ1) is 16.8. The number of methoxy groups -OCH3 is 1. The predicted molar refractivity (Wildman–Crippen MR) is 134 cm³/mol. The first kappa shape index (κ1) is 27.5. The number of carboxylic acids is 1. The number of halogens is 2. The molecule has 1 heterocycles. The Bertz CT molecular complexity index is 1160. The van der Waals surface area contributed by atoms with Crippen LogP contribution < -0.4 is 9.92 Å². The summed E-state index contributed by atoms with van der Waals surface area (Å²) in [6.45, 7) is 5.27. The summed E-state index contributed by atoms with van der Waals surface area (Å²) in [4.78, 5) is 40.6. The van der Waals surface area contributed by atoms with Crippen molar-refractivity contribution in [1.82, 2.24) is 9.80 Å². The molecule has 2 aromatic carbocycles. The van der Waals surface area contributed by atoms with Gasteiger partial charge in [-0.15, -0.1) is 0 Å². The van der Waals surface area contributed by atoms with Gasteiger partial charge in [0.25, 0.3) is 0 Å². The quantitative estimate of drug-likeness (QED) is 0.514. The molecule has 1 aliphatic rings. The third-order valence-electron chi connectivity index (χ3n) is 6.24. The van der Waals surface area contributed by atoms with Gasteiger partial charge < -0.3 is 14.7 Å². The molecule has 0 saturated carbocycles. The van der Waals surface area contributed by atoms with Gasteiger partial charge in [-0.25, -0.2) is 8.78 Å². The number of carbonyl (C=O) groups excluding carboxylic acids is 2. The largest absolute Gasteiger partial charge is 0.497 e. The normalized spacial score (nSPS) is 15.6. The Labute approximate surface area is 210 Å². The van der Waals surface area contributed by atoms with E-state index in [-0.39, 0.29) is 42.6 Å². The number of hydrogen-bond donors (Lipinski definition) is 1. The second kappa shape index (κ2) is 10.9. The molecule has 194 valence electrons. The van der Waals surface area contributed by atoms with Gasteiger partial charge >= 0.3 is 5.97 Å². The molecular weight excluding hydrogens is 486 g/mol. The van der Waals surface area contributed by atoms with Crippen molar-refractivity contribution in [2.24, 2.45) is 0 Å². The van der Waals surface area contributed by atoms with Crippen molar-refractivity contribution >= 4 is 30.9 Å². The Morgan fingerprint density at radius 2 is 1.75 bits per heavy atom. The number of ketones is 1. The minimum atomic E-state index is -2.27. The number of Topliss-reactive ketones (excluding diaryl/α,β-unsaturated/α-hetero) is 1. The van der Waals surface area contributed by atoms with Gasteiger partial charge in [-0.05, 0) is 54.4 Å². The summed E-state index contributed by atoms with van der Waals surface area (Å²) in [5.41, 5.74) is 1.68. The van der Waals surface area contributed by atoms with Gasteiger partial charge in [0.05, 0.1) is 28.3 Å². The van der Waals surface area contributed by atoms with E-state index in [2.05, 4.69) is 0 Å². The maximum Gasteiger partial charge on any atom is 0.317 e. The molecule has 0 radical (unpaired) electrons. The molecular formula is C26H32F2N2O5Si. The summed E-state index contributed by atoms with van der Waals surface area (Å²) >= 11 is 0. The molecule has 3 rings (SSSR count). The monoisotopic (exact) mass is 518 g/mol. The van der Waals surface area contributed by atoms with E-state index in [1.54, 1.807) is 12.1 Å². The third-order valence-corrected chi connectivity index (χ3v) is 8.22. The molecule has 7 nitrogen and oxygen atoms in total. The predicted octanol–water partition coefficient (Wildman–Crippen LogP) is 2.77. The molecule has 10 heteroatoms. The van der Waals surface area contributed by atoms with Gasteiger partial charge in [0.15, 0.2) is 5.78 Å². The molecule has 1 atom stereocenters. The third kappa shape index (κ3) is 6.17. The molecule has 2 aromatic rings. The summed E-state index contributed by atoms with van der Waals surface area (Å²) in [5, 5.41) is 9.10. The molecule has 0 unspecified atom stereocenters. The van der Waals surface area contributed by atoms with Crippen LogP contribution in [0.3, 0.4) is 0 Å². The van der Waals surface area contributed by atoms with E-state index < -0.39 is 37.6 Å². The van der Waals surface area contributed by atoms with Gasteiger partial charge in [-0.1, -0.05) is 25.7 Å². The average molecular weight is 519 g/mol. The molecule has 1 amide bonds. The summed E-state index contributed by atoms with van der Waals surface area (Å²) < 4.78 is 34.9. The Hall–Kier alpha value is -3.11. The van der Waals surface area contributed by atoms with Crippen LogP contribution in [-0.4, -0.2) is 74.4 Å². The SMILES string of the molecule is COc1ccc2c(c1)CCN(C(=O)CN(C)CC(=O)O)[C@H]2C(=O)Cc1cc(F)c([Si](C)(C)C)c(F)c1. The van der Waals surface area contributed by atoms with Crippen LogP contribution >= 0.6 is 0 Å². The fourth-order valence-electron chi connectivity index (χ4n) is 4.70. The van der Waals surface area contributed by atoms with Crippen LogP contribution in [0.15, 0.2) is 30.3 Å². The summed E-state index contributed by atoms with van der Waals surface area (Å²) in [6, 6.07) is 6.69. The fourth-order valence-corrected chi connectivity index (χ4v) is 6.27. The van der Waals surface area contributed by atoms with Crippen molar-refractivity contribution in [1.29, 1.82) is 0 Å². The zero-order valence-electron chi connectivity index (χ0n) is 21.2. The molecule has 0 spiro atoms. The van der Waals surface area contributed by atoms with E-state index in [4.69, 9.17) is 9.84 Å². The molecule has 0 fully saturated rings. The topological polar surface area (TPSA) is 87.2 Å². The van der Waals surface area contributed by atoms with Gasteiger partial charge in [-0.3, -0.25) is 19.3 Å². The first-order valence-corrected chi connectivity index (χ1v) is 15.2. The second-order valence-electron chi connectivity index (χ2n) is 10.2. The molecule has 1 N–H and O–H groups in total. The lowest BCUT2D eigenvalue weighted by Gasteiger charge is -2.37. The van der Waals surface area contributed by atoms with Crippen molar-refractivity contribution in [3.05, 3.63) is 58.7 Å². The zero-order valence-corrected chi connectivity index (χ0v) is 22.2. The summed E-state index contributed by atoms with van der Waals surface area (Å²) in [6.07, 6.45) is 0.226. The second-order valence-corrected chi connectivity index (χ2v) is 15.2. The lowest BCUT2D eigenvalue weighted by Crippen LogP contribution is -2.48. The van der Waals surface area contributed by atoms with Crippen LogP contribution in [-0.2, 0) is 27.2 Å². The smallest absolute Gasteiger partial charge is 0.317 e. The highest BCUT2D eigenvalue weighted by molar-refractivity contribution is 6.88. The molecule has 36 heavy (non-hydrogen) atoms. The standard InChI is InChI=1S/C26H32F2N2O5Si/c1-29(15-24(33)34)14-23(32)30-9-8-17-13-18(35-2)6-7-19(17)25(30)22(31)12-16-10-20(27)26(21(28)11-16)36(3,4)5/h6-7,10-11,13,25H,8-9,12,14-15H2,1-5H3,(H,33,34)/t25-/m1/s1. The number of amides is 1. The summed E-state index contributed by atoms with van der Waals surface area (Å²) in [5.74, 6) is -2.55. The molecule has 0 aromatic heterocycles. The Morgan fingerprint density at radius 1 is 1.11 bits per heavy atom. The van der Waals surface area contributed by atoms with Crippen LogP contribution in [0.2, 0.25) is 19.6 Å². The zero-order chi connectivity index (χ0) is 26.8. The number of fused-ring (bicyclic) bond motifs is 1. The molecule has 1 aliphatic heterocycles. The highest BCUT2D eigenvalue weighted by Gasteiger charge is 2.36. The van der Waals surface area contributed by atoms with E-state index in [1.165, 1.54) is 36.1 Å². The van der Waals surface area contributed by atoms with E-state index in [0.29, 0.717) is 17.7 Å². The Kier molecular flexibility index (Phi) is 8.30. The van der Waals surface area contributed by atoms with Gasteiger partial charge in [0, 0.05) is 18.2 Å². The Balaban J connectivity index is 1.95. The van der Waals surface area contributed by atoms with Crippen LogP contribution in [0.4, 0.5) is 8.78 Å². The van der Waals surface area contributed by atoms with E-state index >= 15 is 0 Å².